The Morgan fingerprint density at radius 1 is 1.15 bits per heavy atom. The van der Waals surface area contributed by atoms with Crippen molar-refractivity contribution in [3.8, 4) is 0 Å². The number of aryl methyl sites for hydroxylation is 1. The highest BCUT2D eigenvalue weighted by Gasteiger charge is 2.21. The smallest absolute Gasteiger partial charge is 0.246 e. The second-order valence-corrected chi connectivity index (χ2v) is 7.46. The molecule has 0 spiro atoms. The largest absolute Gasteiger partial charge is 0.347 e. The molecule has 1 aliphatic heterocycles. The van der Waals surface area contributed by atoms with Crippen molar-refractivity contribution in [2.75, 3.05) is 25.0 Å². The Kier molecular flexibility index (Phi) is 6.60. The van der Waals surface area contributed by atoms with E-state index in [1.54, 1.807) is 11.7 Å². The Morgan fingerprint density at radius 2 is 1.88 bits per heavy atom. The first kappa shape index (κ1) is 18.8. The van der Waals surface area contributed by atoms with E-state index >= 15 is 0 Å². The number of nitrogens with zero attached hydrogens (tertiary/aromatic N) is 3. The van der Waals surface area contributed by atoms with Gasteiger partial charge in [-0.25, -0.2) is 4.68 Å². The quantitative estimate of drug-likeness (QED) is 0.679. The molecule has 0 aromatic carbocycles. The predicted molar refractivity (Wildman–Crippen MR) is 98.7 cm³/mol. The molecule has 0 bridgehead atoms. The van der Waals surface area contributed by atoms with Gasteiger partial charge in [-0.1, -0.05) is 25.7 Å². The lowest BCUT2D eigenvalue weighted by atomic mass is 9.98. The molecule has 144 valence electrons. The molecular weight excluding hydrogens is 332 g/mol. The monoisotopic (exact) mass is 362 g/mol. The van der Waals surface area contributed by atoms with Crippen LogP contribution in [0.1, 0.15) is 63.1 Å². The van der Waals surface area contributed by atoms with Gasteiger partial charge in [0.25, 0.3) is 0 Å². The van der Waals surface area contributed by atoms with Crippen molar-refractivity contribution >= 4 is 17.8 Å². The molecule has 0 radical (unpaired) electrons. The SMILES string of the molecule is Cn1nc(C2CCNCC2)nc1NC(=O)CNC(=O)CCC1CCCC1. The average Bonchev–Trinajstić information content (AvgIpc) is 3.29. The second kappa shape index (κ2) is 9.12. The van der Waals surface area contributed by atoms with Crippen molar-refractivity contribution in [2.45, 2.75) is 57.3 Å². The molecule has 1 aromatic heterocycles. The van der Waals surface area contributed by atoms with Gasteiger partial charge in [0.1, 0.15) is 0 Å². The summed E-state index contributed by atoms with van der Waals surface area (Å²) in [6, 6.07) is 0. The molecule has 1 saturated carbocycles. The van der Waals surface area contributed by atoms with Crippen LogP contribution in [0.4, 0.5) is 5.95 Å². The van der Waals surface area contributed by atoms with E-state index in [0.29, 0.717) is 24.2 Å². The van der Waals surface area contributed by atoms with Crippen LogP contribution in [-0.2, 0) is 16.6 Å². The van der Waals surface area contributed by atoms with Gasteiger partial charge in [0.2, 0.25) is 17.8 Å². The molecule has 2 amide bonds. The third kappa shape index (κ3) is 5.27. The van der Waals surface area contributed by atoms with Gasteiger partial charge < -0.3 is 10.6 Å². The number of carbonyl (C=O) groups is 2. The molecule has 26 heavy (non-hydrogen) atoms. The topological polar surface area (TPSA) is 101 Å². The minimum atomic E-state index is -0.272. The van der Waals surface area contributed by atoms with E-state index in [1.807, 2.05) is 0 Å². The number of piperidine rings is 1. The maximum atomic E-state index is 12.1. The highest BCUT2D eigenvalue weighted by atomic mass is 16.2. The van der Waals surface area contributed by atoms with Crippen LogP contribution in [0.5, 0.6) is 0 Å². The minimum Gasteiger partial charge on any atom is -0.347 e. The van der Waals surface area contributed by atoms with Gasteiger partial charge in [0.15, 0.2) is 5.82 Å². The van der Waals surface area contributed by atoms with E-state index in [2.05, 4.69) is 26.0 Å². The van der Waals surface area contributed by atoms with Crippen LogP contribution in [-0.4, -0.2) is 46.2 Å². The summed E-state index contributed by atoms with van der Waals surface area (Å²) in [7, 11) is 1.77. The number of aromatic nitrogens is 3. The third-order valence-corrected chi connectivity index (χ3v) is 5.44. The molecule has 2 aliphatic rings. The maximum absolute atomic E-state index is 12.1. The van der Waals surface area contributed by atoms with Crippen molar-refractivity contribution in [3.05, 3.63) is 5.82 Å². The van der Waals surface area contributed by atoms with E-state index in [4.69, 9.17) is 0 Å². The summed E-state index contributed by atoms with van der Waals surface area (Å²) in [5, 5.41) is 13.2. The number of nitrogens with one attached hydrogen (secondary N) is 3. The standard InChI is InChI=1S/C18H30N6O2/c1-24-18(22-17(23-24)14-8-10-19-11-9-14)21-16(26)12-20-15(25)7-6-13-4-2-3-5-13/h13-14,19H,2-12H2,1H3,(H,20,25)(H,21,22,23,26). The van der Waals surface area contributed by atoms with Crippen molar-refractivity contribution in [1.82, 2.24) is 25.4 Å². The van der Waals surface area contributed by atoms with Crippen LogP contribution in [0.15, 0.2) is 0 Å². The van der Waals surface area contributed by atoms with Gasteiger partial charge in [-0.2, -0.15) is 10.1 Å². The molecule has 8 heteroatoms. The Balaban J connectivity index is 1.41. The summed E-state index contributed by atoms with van der Waals surface area (Å²) in [5.41, 5.74) is 0. The third-order valence-electron chi connectivity index (χ3n) is 5.44. The van der Waals surface area contributed by atoms with Crippen molar-refractivity contribution in [2.24, 2.45) is 13.0 Å². The van der Waals surface area contributed by atoms with E-state index in [0.717, 1.165) is 38.2 Å². The molecule has 1 saturated heterocycles. The molecular formula is C18H30N6O2. The number of hydrogen-bond acceptors (Lipinski definition) is 5. The lowest BCUT2D eigenvalue weighted by Crippen LogP contribution is -2.33. The maximum Gasteiger partial charge on any atom is 0.246 e. The van der Waals surface area contributed by atoms with Gasteiger partial charge in [-0.05, 0) is 38.3 Å². The highest BCUT2D eigenvalue weighted by Crippen LogP contribution is 2.28. The minimum absolute atomic E-state index is 0.0287. The summed E-state index contributed by atoms with van der Waals surface area (Å²) in [5.74, 6) is 1.91. The Labute approximate surface area is 154 Å². The van der Waals surface area contributed by atoms with Crippen LogP contribution in [0.2, 0.25) is 0 Å². The fourth-order valence-electron chi connectivity index (χ4n) is 3.84. The average molecular weight is 362 g/mol. The fourth-order valence-corrected chi connectivity index (χ4v) is 3.84. The summed E-state index contributed by atoms with van der Waals surface area (Å²) in [6.07, 6.45) is 8.48. The number of rotatable bonds is 7. The van der Waals surface area contributed by atoms with Gasteiger partial charge in [0, 0.05) is 19.4 Å². The van der Waals surface area contributed by atoms with Crippen LogP contribution >= 0.6 is 0 Å². The molecule has 2 heterocycles. The summed E-state index contributed by atoms with van der Waals surface area (Å²) in [6.45, 7) is 1.91. The number of hydrogen-bond donors (Lipinski definition) is 3. The molecule has 0 unspecified atom stereocenters. The summed E-state index contributed by atoms with van der Waals surface area (Å²) in [4.78, 5) is 28.5. The second-order valence-electron chi connectivity index (χ2n) is 7.46. The lowest BCUT2D eigenvalue weighted by molar-refractivity contribution is -0.124. The molecule has 1 aromatic rings. The van der Waals surface area contributed by atoms with Gasteiger partial charge in [0.05, 0.1) is 6.54 Å². The molecule has 0 atom stereocenters. The molecule has 3 N–H and O–H groups in total. The lowest BCUT2D eigenvalue weighted by Gasteiger charge is -2.19. The molecule has 3 rings (SSSR count). The van der Waals surface area contributed by atoms with E-state index < -0.39 is 0 Å². The van der Waals surface area contributed by atoms with Crippen LogP contribution in [0.3, 0.4) is 0 Å². The molecule has 1 aliphatic carbocycles. The van der Waals surface area contributed by atoms with Crippen LogP contribution in [0.25, 0.3) is 0 Å². The van der Waals surface area contributed by atoms with Crippen LogP contribution in [0, 0.1) is 5.92 Å². The number of anilines is 1. The zero-order valence-electron chi connectivity index (χ0n) is 15.6. The number of carbonyl (C=O) groups excluding carboxylic acids is 2. The van der Waals surface area contributed by atoms with Crippen LogP contribution < -0.4 is 16.0 Å². The zero-order valence-corrected chi connectivity index (χ0v) is 15.6. The van der Waals surface area contributed by atoms with E-state index in [1.165, 1.54) is 25.7 Å². The Bertz CT molecular complexity index is 617. The summed E-state index contributed by atoms with van der Waals surface area (Å²) < 4.78 is 1.59. The molecule has 2 fully saturated rings. The van der Waals surface area contributed by atoms with Crippen molar-refractivity contribution < 1.29 is 9.59 Å². The predicted octanol–water partition coefficient (Wildman–Crippen LogP) is 1.31. The van der Waals surface area contributed by atoms with Gasteiger partial charge in [-0.15, -0.1) is 0 Å². The molecule has 8 nitrogen and oxygen atoms in total. The van der Waals surface area contributed by atoms with Crippen molar-refractivity contribution in [3.63, 3.8) is 0 Å². The number of amides is 2. The Hall–Kier alpha value is -1.96. The summed E-state index contributed by atoms with van der Waals surface area (Å²) >= 11 is 0. The van der Waals surface area contributed by atoms with Gasteiger partial charge >= 0.3 is 0 Å². The first-order chi connectivity index (χ1) is 12.6. The van der Waals surface area contributed by atoms with Gasteiger partial charge in [-0.3, -0.25) is 14.9 Å². The highest BCUT2D eigenvalue weighted by molar-refractivity contribution is 5.93. The zero-order chi connectivity index (χ0) is 18.4. The van der Waals surface area contributed by atoms with Crippen molar-refractivity contribution in [1.29, 1.82) is 0 Å². The Morgan fingerprint density at radius 3 is 2.62 bits per heavy atom. The van der Waals surface area contributed by atoms with E-state index in [9.17, 15) is 9.59 Å². The first-order valence-corrected chi connectivity index (χ1v) is 9.80. The first-order valence-electron chi connectivity index (χ1n) is 9.80. The fraction of sp³-hybridized carbons (Fsp3) is 0.778. The van der Waals surface area contributed by atoms with E-state index in [-0.39, 0.29) is 18.4 Å². The normalized spacial score (nSPS) is 18.8.